The lowest BCUT2D eigenvalue weighted by molar-refractivity contribution is -0.123. The highest BCUT2D eigenvalue weighted by atomic mass is 35.5. The van der Waals surface area contributed by atoms with E-state index in [1.54, 1.807) is 0 Å². The first kappa shape index (κ1) is 14.0. The van der Waals surface area contributed by atoms with Crippen molar-refractivity contribution in [2.45, 2.75) is 13.3 Å². The van der Waals surface area contributed by atoms with E-state index in [0.29, 0.717) is 25.6 Å². The average Bonchev–Trinajstić information content (AvgIpc) is 2.46. The molecule has 0 fully saturated rings. The van der Waals surface area contributed by atoms with Crippen LogP contribution in [0.1, 0.15) is 12.5 Å². The number of hydrogen-bond acceptors (Lipinski definition) is 3. The van der Waals surface area contributed by atoms with E-state index in [4.69, 9.17) is 21.1 Å². The van der Waals surface area contributed by atoms with Gasteiger partial charge < -0.3 is 14.8 Å². The first-order valence-corrected chi connectivity index (χ1v) is 6.96. The molecule has 1 heterocycles. The van der Waals surface area contributed by atoms with Gasteiger partial charge in [0, 0.05) is 18.3 Å². The van der Waals surface area contributed by atoms with Crippen LogP contribution >= 0.6 is 11.6 Å². The quantitative estimate of drug-likeness (QED) is 0.841. The minimum atomic E-state index is -0.151. The van der Waals surface area contributed by atoms with E-state index in [2.05, 4.69) is 5.32 Å². The van der Waals surface area contributed by atoms with Crippen molar-refractivity contribution in [1.82, 2.24) is 5.32 Å². The average molecular weight is 284 g/mol. The molecular formula is C14H18ClNO3. The predicted molar refractivity (Wildman–Crippen MR) is 74.0 cm³/mol. The molecule has 1 aliphatic heterocycles. The van der Waals surface area contributed by atoms with Crippen LogP contribution in [0.5, 0.6) is 11.5 Å². The van der Waals surface area contributed by atoms with Crippen LogP contribution in [-0.2, 0) is 11.2 Å². The Balaban J connectivity index is 1.85. The van der Waals surface area contributed by atoms with Crippen LogP contribution in [0.2, 0.25) is 0 Å². The third-order valence-electron chi connectivity index (χ3n) is 3.00. The number of benzene rings is 1. The molecule has 4 nitrogen and oxygen atoms in total. The van der Waals surface area contributed by atoms with Crippen molar-refractivity contribution in [3.8, 4) is 11.5 Å². The molecule has 1 atom stereocenters. The van der Waals surface area contributed by atoms with Crippen LogP contribution in [-0.4, -0.2) is 31.5 Å². The van der Waals surface area contributed by atoms with E-state index in [0.717, 1.165) is 23.5 Å². The summed E-state index contributed by atoms with van der Waals surface area (Å²) in [5, 5.41) is 2.87. The Morgan fingerprint density at radius 1 is 1.37 bits per heavy atom. The fourth-order valence-electron chi connectivity index (χ4n) is 1.82. The SMILES string of the molecule is CC(CCl)C(=O)NCCc1ccc2c(c1)OCCO2. The molecule has 1 aromatic carbocycles. The molecule has 0 aliphatic carbocycles. The van der Waals surface area contributed by atoms with E-state index in [1.165, 1.54) is 0 Å². The highest BCUT2D eigenvalue weighted by molar-refractivity contribution is 6.19. The molecule has 1 aromatic rings. The van der Waals surface area contributed by atoms with Gasteiger partial charge in [-0.05, 0) is 24.1 Å². The standard InChI is InChI=1S/C14H18ClNO3/c1-10(9-15)14(17)16-5-4-11-2-3-12-13(8-11)19-7-6-18-12/h2-3,8,10H,4-7,9H2,1H3,(H,16,17). The molecular weight excluding hydrogens is 266 g/mol. The van der Waals surface area contributed by atoms with Crippen LogP contribution in [0.4, 0.5) is 0 Å². The second-order valence-electron chi connectivity index (χ2n) is 4.57. The summed E-state index contributed by atoms with van der Waals surface area (Å²) in [4.78, 5) is 11.6. The molecule has 19 heavy (non-hydrogen) atoms. The van der Waals surface area contributed by atoms with Gasteiger partial charge in [0.15, 0.2) is 11.5 Å². The van der Waals surface area contributed by atoms with Gasteiger partial charge in [-0.1, -0.05) is 13.0 Å². The molecule has 0 bridgehead atoms. The first-order valence-electron chi connectivity index (χ1n) is 6.43. The lowest BCUT2D eigenvalue weighted by Crippen LogP contribution is -2.31. The van der Waals surface area contributed by atoms with E-state index >= 15 is 0 Å². The summed E-state index contributed by atoms with van der Waals surface area (Å²) >= 11 is 5.63. The number of nitrogens with one attached hydrogen (secondary N) is 1. The number of fused-ring (bicyclic) bond motifs is 1. The predicted octanol–water partition coefficient (Wildman–Crippen LogP) is 1.99. The van der Waals surface area contributed by atoms with Crippen molar-refractivity contribution < 1.29 is 14.3 Å². The van der Waals surface area contributed by atoms with Gasteiger partial charge in [-0.3, -0.25) is 4.79 Å². The highest BCUT2D eigenvalue weighted by Crippen LogP contribution is 2.30. The van der Waals surface area contributed by atoms with Crippen molar-refractivity contribution in [3.63, 3.8) is 0 Å². The van der Waals surface area contributed by atoms with Crippen molar-refractivity contribution in [2.24, 2.45) is 5.92 Å². The molecule has 0 radical (unpaired) electrons. The number of rotatable bonds is 5. The molecule has 0 spiro atoms. The number of carbonyl (C=O) groups is 1. The van der Waals surface area contributed by atoms with Crippen molar-refractivity contribution >= 4 is 17.5 Å². The minimum Gasteiger partial charge on any atom is -0.486 e. The van der Waals surface area contributed by atoms with E-state index < -0.39 is 0 Å². The second-order valence-corrected chi connectivity index (χ2v) is 4.88. The van der Waals surface area contributed by atoms with E-state index in [-0.39, 0.29) is 11.8 Å². The molecule has 1 amide bonds. The van der Waals surface area contributed by atoms with Crippen molar-refractivity contribution in [3.05, 3.63) is 23.8 Å². The third kappa shape index (κ3) is 3.77. The van der Waals surface area contributed by atoms with E-state index in [1.807, 2.05) is 25.1 Å². The monoisotopic (exact) mass is 283 g/mol. The molecule has 0 saturated heterocycles. The maximum atomic E-state index is 11.6. The molecule has 1 aliphatic rings. The number of ether oxygens (including phenoxy) is 2. The van der Waals surface area contributed by atoms with Gasteiger partial charge in [-0.2, -0.15) is 0 Å². The third-order valence-corrected chi connectivity index (χ3v) is 3.46. The lowest BCUT2D eigenvalue weighted by Gasteiger charge is -2.19. The summed E-state index contributed by atoms with van der Waals surface area (Å²) < 4.78 is 11.0. The van der Waals surface area contributed by atoms with E-state index in [9.17, 15) is 4.79 Å². The van der Waals surface area contributed by atoms with Crippen LogP contribution < -0.4 is 14.8 Å². The Hall–Kier alpha value is -1.42. The Bertz CT molecular complexity index is 450. The normalized spacial score (nSPS) is 14.8. The largest absolute Gasteiger partial charge is 0.486 e. The smallest absolute Gasteiger partial charge is 0.224 e. The second kappa shape index (κ2) is 6.66. The number of carbonyl (C=O) groups excluding carboxylic acids is 1. The number of halogens is 1. The molecule has 0 aromatic heterocycles. The fourth-order valence-corrected chi connectivity index (χ4v) is 1.96. The molecule has 1 unspecified atom stereocenters. The minimum absolute atomic E-state index is 0.00690. The summed E-state index contributed by atoms with van der Waals surface area (Å²) in [7, 11) is 0. The Labute approximate surface area is 118 Å². The van der Waals surface area contributed by atoms with Crippen LogP contribution in [0.15, 0.2) is 18.2 Å². The molecule has 104 valence electrons. The number of hydrogen-bond donors (Lipinski definition) is 1. The van der Waals surface area contributed by atoms with Crippen LogP contribution in [0, 0.1) is 5.92 Å². The summed E-state index contributed by atoms with van der Waals surface area (Å²) in [6.45, 7) is 3.59. The molecule has 1 N–H and O–H groups in total. The highest BCUT2D eigenvalue weighted by Gasteiger charge is 2.13. The van der Waals surface area contributed by atoms with Crippen LogP contribution in [0.3, 0.4) is 0 Å². The van der Waals surface area contributed by atoms with Gasteiger partial charge in [0.1, 0.15) is 13.2 Å². The zero-order valence-corrected chi connectivity index (χ0v) is 11.7. The van der Waals surface area contributed by atoms with Gasteiger partial charge in [0.2, 0.25) is 5.91 Å². The molecule has 2 rings (SSSR count). The Kier molecular flexibility index (Phi) is 4.91. The number of alkyl halides is 1. The summed E-state index contributed by atoms with van der Waals surface area (Å²) in [5.74, 6) is 1.75. The van der Waals surface area contributed by atoms with Gasteiger partial charge in [-0.15, -0.1) is 11.6 Å². The zero-order valence-electron chi connectivity index (χ0n) is 10.9. The first-order chi connectivity index (χ1) is 9.20. The van der Waals surface area contributed by atoms with Gasteiger partial charge in [-0.25, -0.2) is 0 Å². The molecule has 5 heteroatoms. The van der Waals surface area contributed by atoms with Gasteiger partial charge in [0.05, 0.1) is 0 Å². The number of amides is 1. The van der Waals surface area contributed by atoms with Crippen molar-refractivity contribution in [2.75, 3.05) is 25.6 Å². The lowest BCUT2D eigenvalue weighted by atomic mass is 10.1. The van der Waals surface area contributed by atoms with Crippen molar-refractivity contribution in [1.29, 1.82) is 0 Å². The summed E-state index contributed by atoms with van der Waals surface area (Å²) in [5.41, 5.74) is 1.11. The topological polar surface area (TPSA) is 47.6 Å². The Morgan fingerprint density at radius 3 is 2.84 bits per heavy atom. The maximum Gasteiger partial charge on any atom is 0.224 e. The summed E-state index contributed by atoms with van der Waals surface area (Å²) in [6.07, 6.45) is 0.761. The zero-order chi connectivity index (χ0) is 13.7. The summed E-state index contributed by atoms with van der Waals surface area (Å²) in [6, 6.07) is 5.86. The molecule has 0 saturated carbocycles. The van der Waals surface area contributed by atoms with Gasteiger partial charge >= 0.3 is 0 Å². The maximum absolute atomic E-state index is 11.6. The van der Waals surface area contributed by atoms with Crippen LogP contribution in [0.25, 0.3) is 0 Å². The Morgan fingerprint density at radius 2 is 2.11 bits per heavy atom. The fraction of sp³-hybridized carbons (Fsp3) is 0.500. The van der Waals surface area contributed by atoms with Gasteiger partial charge in [0.25, 0.3) is 0 Å².